The lowest BCUT2D eigenvalue weighted by atomic mass is 10.1. The monoisotopic (exact) mass is 326 g/mol. The summed E-state index contributed by atoms with van der Waals surface area (Å²) in [4.78, 5) is 17.5. The Kier molecular flexibility index (Phi) is 4.80. The van der Waals surface area contributed by atoms with Crippen molar-refractivity contribution in [2.45, 2.75) is 13.0 Å². The molecule has 0 saturated heterocycles. The molecule has 0 fully saturated rings. The maximum absolute atomic E-state index is 13.2. The summed E-state index contributed by atoms with van der Waals surface area (Å²) in [5.74, 6) is -1.03. The van der Waals surface area contributed by atoms with E-state index in [2.05, 4.69) is 4.98 Å². The molecule has 0 spiro atoms. The van der Waals surface area contributed by atoms with Crippen molar-refractivity contribution in [2.24, 2.45) is 0 Å². The van der Waals surface area contributed by atoms with Crippen molar-refractivity contribution in [3.05, 3.63) is 63.6 Å². The van der Waals surface area contributed by atoms with Gasteiger partial charge >= 0.3 is 0 Å². The molecule has 0 bridgehead atoms. The predicted octanol–water partition coefficient (Wildman–Crippen LogP) is 4.36. The molecule has 0 aliphatic heterocycles. The molecule has 0 N–H and O–H groups in total. The minimum Gasteiger partial charge on any atom is -0.335 e. The first-order valence-corrected chi connectivity index (χ1v) is 7.00. The van der Waals surface area contributed by atoms with Crippen LogP contribution in [0.25, 0.3) is 0 Å². The summed E-state index contributed by atoms with van der Waals surface area (Å²) in [5.41, 5.74) is 0.827. The molecule has 0 saturated carbocycles. The van der Waals surface area contributed by atoms with Crippen LogP contribution in [0.1, 0.15) is 28.9 Å². The number of hydrogen-bond acceptors (Lipinski definition) is 2. The molecule has 1 heterocycles. The fourth-order valence-corrected chi connectivity index (χ4v) is 2.44. The molecular weight excluding hydrogens is 314 g/mol. The second kappa shape index (κ2) is 6.41. The Morgan fingerprint density at radius 3 is 2.67 bits per heavy atom. The first-order valence-electron chi connectivity index (χ1n) is 6.24. The van der Waals surface area contributed by atoms with Gasteiger partial charge in [0.2, 0.25) is 0 Å². The van der Waals surface area contributed by atoms with Gasteiger partial charge in [-0.05, 0) is 24.6 Å². The smallest absolute Gasteiger partial charge is 0.257 e. The lowest BCUT2D eigenvalue weighted by Crippen LogP contribution is -2.30. The third-order valence-corrected chi connectivity index (χ3v) is 3.94. The van der Waals surface area contributed by atoms with Gasteiger partial charge in [-0.2, -0.15) is 0 Å². The van der Waals surface area contributed by atoms with E-state index in [4.69, 9.17) is 23.2 Å². The predicted molar refractivity (Wildman–Crippen MR) is 81.2 cm³/mol. The summed E-state index contributed by atoms with van der Waals surface area (Å²) in [6, 6.07) is 8.03. The highest BCUT2D eigenvalue weighted by atomic mass is 35.5. The Labute approximate surface area is 132 Å². The summed E-state index contributed by atoms with van der Waals surface area (Å²) >= 11 is 12.0. The Morgan fingerprint density at radius 1 is 1.33 bits per heavy atom. The molecule has 1 aromatic heterocycles. The molecule has 3 nitrogen and oxygen atoms in total. The van der Waals surface area contributed by atoms with E-state index < -0.39 is 11.7 Å². The molecule has 2 rings (SSSR count). The van der Waals surface area contributed by atoms with Crippen LogP contribution in [0.15, 0.2) is 36.5 Å². The molecule has 2 aromatic rings. The molecule has 0 aliphatic carbocycles. The number of hydrogen-bond donors (Lipinski definition) is 0. The molecule has 1 aromatic carbocycles. The normalized spacial score (nSPS) is 12.0. The van der Waals surface area contributed by atoms with E-state index in [9.17, 15) is 9.18 Å². The Morgan fingerprint density at radius 2 is 2.00 bits per heavy atom. The number of amides is 1. The zero-order chi connectivity index (χ0) is 15.6. The topological polar surface area (TPSA) is 33.2 Å². The third kappa shape index (κ3) is 3.34. The van der Waals surface area contributed by atoms with Crippen LogP contribution < -0.4 is 0 Å². The van der Waals surface area contributed by atoms with E-state index >= 15 is 0 Å². The number of carbonyl (C=O) groups excluding carboxylic acids is 1. The molecule has 0 aliphatic rings. The molecule has 21 heavy (non-hydrogen) atoms. The van der Waals surface area contributed by atoms with Crippen LogP contribution in [0.3, 0.4) is 0 Å². The van der Waals surface area contributed by atoms with Gasteiger partial charge in [0.05, 0.1) is 17.8 Å². The van der Waals surface area contributed by atoms with Crippen molar-refractivity contribution in [1.82, 2.24) is 9.88 Å². The minimum atomic E-state index is -0.610. The highest BCUT2D eigenvalue weighted by Gasteiger charge is 2.23. The maximum atomic E-state index is 13.2. The first kappa shape index (κ1) is 15.7. The largest absolute Gasteiger partial charge is 0.335 e. The Balaban J connectivity index is 2.31. The number of nitrogens with zero attached hydrogens (tertiary/aromatic N) is 2. The van der Waals surface area contributed by atoms with Crippen LogP contribution in [0, 0.1) is 5.82 Å². The van der Waals surface area contributed by atoms with Gasteiger partial charge in [0.25, 0.3) is 5.91 Å². The van der Waals surface area contributed by atoms with Gasteiger partial charge in [-0.25, -0.2) is 9.37 Å². The van der Waals surface area contributed by atoms with Gasteiger partial charge in [-0.15, -0.1) is 0 Å². The molecule has 6 heteroatoms. The Bertz CT molecular complexity index is 678. The summed E-state index contributed by atoms with van der Waals surface area (Å²) in [7, 11) is 1.61. The van der Waals surface area contributed by atoms with E-state index in [1.165, 1.54) is 4.90 Å². The summed E-state index contributed by atoms with van der Waals surface area (Å²) < 4.78 is 13.2. The average molecular weight is 327 g/mol. The maximum Gasteiger partial charge on any atom is 0.257 e. The minimum absolute atomic E-state index is 0.0260. The molecule has 1 unspecified atom stereocenters. The standard InChI is InChI=1S/C15H13Cl2FN2O/c1-9(11-5-3-4-6-13(11)16)20(2)15(21)12-7-10(18)8-19-14(12)17/h3-9H,1-2H3. The zero-order valence-electron chi connectivity index (χ0n) is 11.5. The van der Waals surface area contributed by atoms with Crippen LogP contribution >= 0.6 is 23.2 Å². The van der Waals surface area contributed by atoms with Crippen molar-refractivity contribution < 1.29 is 9.18 Å². The van der Waals surface area contributed by atoms with Crippen molar-refractivity contribution >= 4 is 29.1 Å². The number of carbonyl (C=O) groups is 1. The third-order valence-electron chi connectivity index (χ3n) is 3.29. The molecule has 0 radical (unpaired) electrons. The second-order valence-corrected chi connectivity index (χ2v) is 5.37. The highest BCUT2D eigenvalue weighted by Crippen LogP contribution is 2.28. The fraction of sp³-hybridized carbons (Fsp3) is 0.200. The van der Waals surface area contributed by atoms with Gasteiger partial charge in [0, 0.05) is 12.1 Å². The average Bonchev–Trinajstić information content (AvgIpc) is 2.48. The van der Waals surface area contributed by atoms with Crippen LogP contribution in [0.2, 0.25) is 10.2 Å². The zero-order valence-corrected chi connectivity index (χ0v) is 13.0. The van der Waals surface area contributed by atoms with E-state index in [0.717, 1.165) is 17.8 Å². The number of rotatable bonds is 3. The van der Waals surface area contributed by atoms with Crippen LogP contribution in [0.4, 0.5) is 4.39 Å². The highest BCUT2D eigenvalue weighted by molar-refractivity contribution is 6.32. The van der Waals surface area contributed by atoms with Crippen molar-refractivity contribution in [2.75, 3.05) is 7.05 Å². The lowest BCUT2D eigenvalue weighted by Gasteiger charge is -2.26. The van der Waals surface area contributed by atoms with Gasteiger partial charge in [-0.3, -0.25) is 4.79 Å². The first-order chi connectivity index (χ1) is 9.91. The van der Waals surface area contributed by atoms with E-state index in [1.54, 1.807) is 13.1 Å². The number of halogens is 3. The van der Waals surface area contributed by atoms with Gasteiger partial charge < -0.3 is 4.90 Å². The van der Waals surface area contributed by atoms with Crippen LogP contribution in [-0.4, -0.2) is 22.8 Å². The summed E-state index contributed by atoms with van der Waals surface area (Å²) in [6.45, 7) is 1.83. The summed E-state index contributed by atoms with van der Waals surface area (Å²) in [6.07, 6.45) is 0.969. The number of pyridine rings is 1. The van der Waals surface area contributed by atoms with Crippen molar-refractivity contribution in [1.29, 1.82) is 0 Å². The number of aromatic nitrogens is 1. The molecule has 1 atom stereocenters. The quantitative estimate of drug-likeness (QED) is 0.785. The van der Waals surface area contributed by atoms with E-state index in [-0.39, 0.29) is 16.8 Å². The van der Waals surface area contributed by atoms with Crippen LogP contribution in [0.5, 0.6) is 0 Å². The second-order valence-electron chi connectivity index (χ2n) is 4.61. The Hall–Kier alpha value is -1.65. The van der Waals surface area contributed by atoms with Crippen molar-refractivity contribution in [3.63, 3.8) is 0 Å². The van der Waals surface area contributed by atoms with Gasteiger partial charge in [0.15, 0.2) is 0 Å². The van der Waals surface area contributed by atoms with Crippen LogP contribution in [-0.2, 0) is 0 Å². The molecule has 110 valence electrons. The number of benzene rings is 1. The van der Waals surface area contributed by atoms with Gasteiger partial charge in [0.1, 0.15) is 11.0 Å². The summed E-state index contributed by atoms with van der Waals surface area (Å²) in [5, 5.41) is 0.535. The van der Waals surface area contributed by atoms with Crippen molar-refractivity contribution in [3.8, 4) is 0 Å². The van der Waals surface area contributed by atoms with Gasteiger partial charge in [-0.1, -0.05) is 41.4 Å². The SMILES string of the molecule is CC(c1ccccc1Cl)N(C)C(=O)c1cc(F)cnc1Cl. The lowest BCUT2D eigenvalue weighted by molar-refractivity contribution is 0.0742. The molecular formula is C15H13Cl2FN2O. The van der Waals surface area contributed by atoms with E-state index in [1.807, 2.05) is 25.1 Å². The molecule has 1 amide bonds. The fourth-order valence-electron chi connectivity index (χ4n) is 1.96. The van der Waals surface area contributed by atoms with E-state index in [0.29, 0.717) is 5.02 Å².